The molecule has 1 aliphatic heterocycles. The van der Waals surface area contributed by atoms with Gasteiger partial charge in [0.05, 0.1) is 11.7 Å². The van der Waals surface area contributed by atoms with Gasteiger partial charge in [-0.2, -0.15) is 0 Å². The summed E-state index contributed by atoms with van der Waals surface area (Å²) in [5, 5.41) is 11.6. The second-order valence-electron chi connectivity index (χ2n) is 6.26. The zero-order valence-electron chi connectivity index (χ0n) is 12.7. The van der Waals surface area contributed by atoms with Crippen LogP contribution in [0.3, 0.4) is 0 Å². The molecule has 0 aromatic heterocycles. The molecule has 1 aliphatic carbocycles. The van der Waals surface area contributed by atoms with Crippen molar-refractivity contribution in [2.45, 2.75) is 70.0 Å². The van der Waals surface area contributed by atoms with Gasteiger partial charge in [0.2, 0.25) is 0 Å². The second-order valence-corrected chi connectivity index (χ2v) is 6.26. The van der Waals surface area contributed by atoms with Gasteiger partial charge in [-0.3, -0.25) is 0 Å². The van der Waals surface area contributed by atoms with Crippen LogP contribution in [0, 0.1) is 0 Å². The summed E-state index contributed by atoms with van der Waals surface area (Å²) in [5.74, 6) is 0.305. The molecule has 1 unspecified atom stereocenters. The molecule has 0 amide bonds. The summed E-state index contributed by atoms with van der Waals surface area (Å²) in [6, 6.07) is 0. The Hall–Kier alpha value is -0.810. The van der Waals surface area contributed by atoms with Crippen LogP contribution in [0.4, 0.5) is 0 Å². The molecular weight excluding hydrogens is 254 g/mol. The number of ether oxygens (including phenoxy) is 1. The topological polar surface area (TPSA) is 71.1 Å². The van der Waals surface area contributed by atoms with Crippen molar-refractivity contribution in [1.82, 2.24) is 4.90 Å². The van der Waals surface area contributed by atoms with Crippen molar-refractivity contribution in [1.29, 1.82) is 0 Å². The Kier molecular flexibility index (Phi) is 5.66. The summed E-state index contributed by atoms with van der Waals surface area (Å²) >= 11 is 0. The SMILES string of the molecule is CCN(CCC(N)=NO)CC1CCC2(CCCCC2)O1. The number of hydrogen-bond acceptors (Lipinski definition) is 4. The average Bonchev–Trinajstić information content (AvgIpc) is 2.86. The largest absolute Gasteiger partial charge is 0.409 e. The highest BCUT2D eigenvalue weighted by atomic mass is 16.5. The van der Waals surface area contributed by atoms with E-state index in [4.69, 9.17) is 15.7 Å². The number of nitrogens with two attached hydrogens (primary N) is 1. The number of rotatable bonds is 6. The fourth-order valence-electron chi connectivity index (χ4n) is 3.58. The van der Waals surface area contributed by atoms with E-state index in [0.29, 0.717) is 18.4 Å². The molecule has 5 heteroatoms. The van der Waals surface area contributed by atoms with E-state index in [2.05, 4.69) is 17.0 Å². The summed E-state index contributed by atoms with van der Waals surface area (Å²) in [4.78, 5) is 2.34. The average molecular weight is 283 g/mol. The molecule has 0 bridgehead atoms. The standard InChI is InChI=1S/C15H29N3O2/c1-2-18(11-7-14(16)17-19)12-13-6-10-15(20-13)8-4-3-5-9-15/h13,19H,2-12H2,1H3,(H2,16,17). The first kappa shape index (κ1) is 15.6. The molecule has 0 aromatic carbocycles. The third-order valence-corrected chi connectivity index (χ3v) is 4.83. The highest BCUT2D eigenvalue weighted by molar-refractivity contribution is 5.79. The Morgan fingerprint density at radius 2 is 2.10 bits per heavy atom. The van der Waals surface area contributed by atoms with Crippen molar-refractivity contribution in [2.75, 3.05) is 19.6 Å². The third-order valence-electron chi connectivity index (χ3n) is 4.83. The van der Waals surface area contributed by atoms with E-state index in [1.165, 1.54) is 44.9 Å². The number of likely N-dealkylation sites (N-methyl/N-ethyl adjacent to an activating group) is 1. The number of oxime groups is 1. The highest BCUT2D eigenvalue weighted by Gasteiger charge is 2.40. The lowest BCUT2D eigenvalue weighted by molar-refractivity contribution is -0.0713. The van der Waals surface area contributed by atoms with Gasteiger partial charge in [0.25, 0.3) is 0 Å². The zero-order valence-corrected chi connectivity index (χ0v) is 12.7. The minimum absolute atomic E-state index is 0.202. The molecule has 0 radical (unpaired) electrons. The number of nitrogens with zero attached hydrogens (tertiary/aromatic N) is 2. The molecule has 116 valence electrons. The molecule has 0 aromatic rings. The van der Waals surface area contributed by atoms with Crippen LogP contribution in [0.2, 0.25) is 0 Å². The van der Waals surface area contributed by atoms with Crippen molar-refractivity contribution in [3.05, 3.63) is 0 Å². The maximum absolute atomic E-state index is 8.59. The van der Waals surface area contributed by atoms with Gasteiger partial charge in [0, 0.05) is 19.5 Å². The van der Waals surface area contributed by atoms with E-state index in [9.17, 15) is 0 Å². The molecule has 2 fully saturated rings. The lowest BCUT2D eigenvalue weighted by Crippen LogP contribution is -2.37. The minimum Gasteiger partial charge on any atom is -0.409 e. The first-order chi connectivity index (χ1) is 9.67. The Morgan fingerprint density at radius 3 is 2.75 bits per heavy atom. The molecular formula is C15H29N3O2. The Bertz CT molecular complexity index is 327. The van der Waals surface area contributed by atoms with Crippen molar-refractivity contribution >= 4 is 5.84 Å². The molecule has 20 heavy (non-hydrogen) atoms. The summed E-state index contributed by atoms with van der Waals surface area (Å²) in [6.45, 7) is 4.93. The predicted molar refractivity (Wildman–Crippen MR) is 80.1 cm³/mol. The van der Waals surface area contributed by atoms with Gasteiger partial charge in [0.1, 0.15) is 5.84 Å². The molecule has 1 saturated heterocycles. The number of amidine groups is 1. The van der Waals surface area contributed by atoms with E-state index >= 15 is 0 Å². The quantitative estimate of drug-likeness (QED) is 0.340. The van der Waals surface area contributed by atoms with Crippen LogP contribution >= 0.6 is 0 Å². The predicted octanol–water partition coefficient (Wildman–Crippen LogP) is 2.33. The van der Waals surface area contributed by atoms with Crippen molar-refractivity contribution in [2.24, 2.45) is 10.9 Å². The Balaban J connectivity index is 1.77. The van der Waals surface area contributed by atoms with E-state index in [1.807, 2.05) is 0 Å². The summed E-state index contributed by atoms with van der Waals surface area (Å²) < 4.78 is 6.40. The summed E-state index contributed by atoms with van der Waals surface area (Å²) in [7, 11) is 0. The van der Waals surface area contributed by atoms with Gasteiger partial charge in [-0.25, -0.2) is 0 Å². The fourth-order valence-corrected chi connectivity index (χ4v) is 3.58. The lowest BCUT2D eigenvalue weighted by atomic mass is 9.83. The molecule has 1 spiro atoms. The van der Waals surface area contributed by atoms with Crippen LogP contribution in [0.1, 0.15) is 58.3 Å². The van der Waals surface area contributed by atoms with E-state index in [-0.39, 0.29) is 5.60 Å². The fraction of sp³-hybridized carbons (Fsp3) is 0.933. The third kappa shape index (κ3) is 4.09. The van der Waals surface area contributed by atoms with Crippen molar-refractivity contribution in [3.63, 3.8) is 0 Å². The molecule has 3 N–H and O–H groups in total. The van der Waals surface area contributed by atoms with Gasteiger partial charge in [-0.05, 0) is 32.2 Å². The van der Waals surface area contributed by atoms with Gasteiger partial charge in [0.15, 0.2) is 0 Å². The maximum atomic E-state index is 8.59. The minimum atomic E-state index is 0.202. The molecule has 1 atom stereocenters. The summed E-state index contributed by atoms with van der Waals surface area (Å²) in [6.07, 6.45) is 9.91. The maximum Gasteiger partial charge on any atom is 0.140 e. The molecule has 1 heterocycles. The monoisotopic (exact) mass is 283 g/mol. The van der Waals surface area contributed by atoms with Crippen molar-refractivity contribution in [3.8, 4) is 0 Å². The van der Waals surface area contributed by atoms with Crippen LogP contribution in [0.25, 0.3) is 0 Å². The van der Waals surface area contributed by atoms with Gasteiger partial charge < -0.3 is 20.6 Å². The molecule has 1 saturated carbocycles. The first-order valence-corrected chi connectivity index (χ1v) is 8.04. The molecule has 2 aliphatic rings. The summed E-state index contributed by atoms with van der Waals surface area (Å²) in [5.41, 5.74) is 5.74. The normalized spacial score (nSPS) is 26.5. The Labute approximate surface area is 122 Å². The van der Waals surface area contributed by atoms with Crippen LogP contribution in [0.15, 0.2) is 5.16 Å². The smallest absolute Gasteiger partial charge is 0.140 e. The van der Waals surface area contributed by atoms with E-state index in [1.54, 1.807) is 0 Å². The van der Waals surface area contributed by atoms with Crippen LogP contribution < -0.4 is 5.73 Å². The van der Waals surface area contributed by atoms with Crippen LogP contribution in [-0.4, -0.2) is 47.3 Å². The first-order valence-electron chi connectivity index (χ1n) is 8.04. The molecule has 2 rings (SSSR count). The lowest BCUT2D eigenvalue weighted by Gasteiger charge is -2.34. The van der Waals surface area contributed by atoms with Crippen molar-refractivity contribution < 1.29 is 9.94 Å². The van der Waals surface area contributed by atoms with Gasteiger partial charge in [-0.15, -0.1) is 0 Å². The zero-order chi connectivity index (χ0) is 14.4. The Morgan fingerprint density at radius 1 is 1.35 bits per heavy atom. The van der Waals surface area contributed by atoms with E-state index < -0.39 is 0 Å². The van der Waals surface area contributed by atoms with E-state index in [0.717, 1.165) is 19.6 Å². The van der Waals surface area contributed by atoms with Crippen LogP contribution in [-0.2, 0) is 4.74 Å². The number of hydrogen-bond donors (Lipinski definition) is 2. The van der Waals surface area contributed by atoms with Crippen LogP contribution in [0.5, 0.6) is 0 Å². The van der Waals surface area contributed by atoms with Gasteiger partial charge in [-0.1, -0.05) is 31.3 Å². The molecule has 5 nitrogen and oxygen atoms in total. The highest BCUT2D eigenvalue weighted by Crippen LogP contribution is 2.41. The van der Waals surface area contributed by atoms with Gasteiger partial charge >= 0.3 is 0 Å². The second kappa shape index (κ2) is 7.27.